The van der Waals surface area contributed by atoms with Gasteiger partial charge in [-0.25, -0.2) is 0 Å². The predicted molar refractivity (Wildman–Crippen MR) is 109 cm³/mol. The first-order valence-electron chi connectivity index (χ1n) is 9.63. The van der Waals surface area contributed by atoms with Crippen molar-refractivity contribution in [2.24, 2.45) is 0 Å². The van der Waals surface area contributed by atoms with Crippen molar-refractivity contribution in [1.82, 2.24) is 9.88 Å². The standard InChI is InChI=1S/C23H24N2O4/c26-11-10-25(14-19-4-3-9-24-13-19)15-20-5-1-2-6-21(20)27-16-18-7-8-22-23(12-18)29-17-28-22/h1-9,12-13,26H,10-11,14-17H2. The molecule has 0 amide bonds. The van der Waals surface area contributed by atoms with Crippen molar-refractivity contribution in [3.63, 3.8) is 0 Å². The molecule has 1 N–H and O–H groups in total. The molecule has 1 aromatic heterocycles. The first kappa shape index (κ1) is 19.2. The molecule has 29 heavy (non-hydrogen) atoms. The molecule has 0 saturated carbocycles. The maximum absolute atomic E-state index is 9.48. The van der Waals surface area contributed by atoms with Crippen molar-refractivity contribution >= 4 is 0 Å². The molecule has 0 unspecified atom stereocenters. The zero-order valence-corrected chi connectivity index (χ0v) is 16.2. The van der Waals surface area contributed by atoms with Gasteiger partial charge in [-0.1, -0.05) is 30.3 Å². The van der Waals surface area contributed by atoms with Crippen LogP contribution in [0, 0.1) is 0 Å². The van der Waals surface area contributed by atoms with Crippen LogP contribution in [0.15, 0.2) is 67.0 Å². The fourth-order valence-corrected chi connectivity index (χ4v) is 3.31. The number of pyridine rings is 1. The first-order valence-corrected chi connectivity index (χ1v) is 9.63. The van der Waals surface area contributed by atoms with Gasteiger partial charge in [-0.3, -0.25) is 9.88 Å². The summed E-state index contributed by atoms with van der Waals surface area (Å²) in [6.07, 6.45) is 3.62. The molecule has 0 bridgehead atoms. The second-order valence-electron chi connectivity index (χ2n) is 6.88. The Hall–Kier alpha value is -3.09. The number of nitrogens with zero attached hydrogens (tertiary/aromatic N) is 2. The van der Waals surface area contributed by atoms with Crippen LogP contribution >= 0.6 is 0 Å². The van der Waals surface area contributed by atoms with Crippen LogP contribution in [0.3, 0.4) is 0 Å². The van der Waals surface area contributed by atoms with Gasteiger partial charge in [0.2, 0.25) is 6.79 Å². The summed E-state index contributed by atoms with van der Waals surface area (Å²) in [4.78, 5) is 6.36. The highest BCUT2D eigenvalue weighted by Crippen LogP contribution is 2.33. The third-order valence-electron chi connectivity index (χ3n) is 4.74. The van der Waals surface area contributed by atoms with Crippen LogP contribution in [0.1, 0.15) is 16.7 Å². The molecule has 1 aliphatic rings. The van der Waals surface area contributed by atoms with Crippen LogP contribution in [0.25, 0.3) is 0 Å². The van der Waals surface area contributed by atoms with Gasteiger partial charge in [0.1, 0.15) is 12.4 Å². The molecule has 4 rings (SSSR count). The van der Waals surface area contributed by atoms with Gasteiger partial charge in [0, 0.05) is 37.6 Å². The Labute approximate surface area is 170 Å². The van der Waals surface area contributed by atoms with Gasteiger partial charge in [0.25, 0.3) is 0 Å². The second-order valence-corrected chi connectivity index (χ2v) is 6.88. The van der Waals surface area contributed by atoms with E-state index in [0.29, 0.717) is 26.2 Å². The van der Waals surface area contributed by atoms with Gasteiger partial charge in [-0.15, -0.1) is 0 Å². The van der Waals surface area contributed by atoms with Gasteiger partial charge in [-0.05, 0) is 35.4 Å². The first-order chi connectivity index (χ1) is 14.3. The lowest BCUT2D eigenvalue weighted by Gasteiger charge is -2.23. The zero-order valence-electron chi connectivity index (χ0n) is 16.2. The summed E-state index contributed by atoms with van der Waals surface area (Å²) in [5.41, 5.74) is 3.21. The number of rotatable bonds is 9. The Kier molecular flexibility index (Phi) is 6.24. The molecule has 0 saturated heterocycles. The number of benzene rings is 2. The summed E-state index contributed by atoms with van der Waals surface area (Å²) < 4.78 is 16.9. The van der Waals surface area contributed by atoms with E-state index in [1.165, 1.54) is 0 Å². The van der Waals surface area contributed by atoms with Gasteiger partial charge >= 0.3 is 0 Å². The summed E-state index contributed by atoms with van der Waals surface area (Å²) in [5, 5.41) is 9.48. The summed E-state index contributed by atoms with van der Waals surface area (Å²) in [6, 6.07) is 17.8. The molecule has 150 valence electrons. The molecule has 0 radical (unpaired) electrons. The summed E-state index contributed by atoms with van der Waals surface area (Å²) in [7, 11) is 0. The molecular formula is C23H24N2O4. The fourth-order valence-electron chi connectivity index (χ4n) is 3.31. The van der Waals surface area contributed by atoms with Gasteiger partial charge in [0.05, 0.1) is 6.61 Å². The van der Waals surface area contributed by atoms with Crippen LogP contribution in [-0.4, -0.2) is 34.9 Å². The highest BCUT2D eigenvalue weighted by atomic mass is 16.7. The minimum atomic E-state index is 0.0977. The van der Waals surface area contributed by atoms with Crippen LogP contribution < -0.4 is 14.2 Å². The molecule has 6 nitrogen and oxygen atoms in total. The molecule has 6 heteroatoms. The van der Waals surface area contributed by atoms with Crippen LogP contribution in [0.5, 0.6) is 17.2 Å². The van der Waals surface area contributed by atoms with E-state index in [4.69, 9.17) is 14.2 Å². The van der Waals surface area contributed by atoms with E-state index < -0.39 is 0 Å². The normalized spacial score (nSPS) is 12.3. The Morgan fingerprint density at radius 1 is 0.966 bits per heavy atom. The quantitative estimate of drug-likeness (QED) is 0.602. The van der Waals surface area contributed by atoms with Gasteiger partial charge < -0.3 is 19.3 Å². The summed E-state index contributed by atoms with van der Waals surface area (Å²) >= 11 is 0. The molecule has 1 aliphatic heterocycles. The highest BCUT2D eigenvalue weighted by Gasteiger charge is 2.14. The van der Waals surface area contributed by atoms with Crippen LogP contribution in [-0.2, 0) is 19.7 Å². The average molecular weight is 392 g/mol. The maximum atomic E-state index is 9.48. The predicted octanol–water partition coefficient (Wildman–Crippen LogP) is 3.38. The number of aliphatic hydroxyl groups is 1. The van der Waals surface area contributed by atoms with E-state index in [1.807, 2.05) is 54.7 Å². The van der Waals surface area contributed by atoms with Crippen LogP contribution in [0.4, 0.5) is 0 Å². The third-order valence-corrected chi connectivity index (χ3v) is 4.74. The number of aromatic nitrogens is 1. The van der Waals surface area contributed by atoms with E-state index in [0.717, 1.165) is 33.9 Å². The zero-order chi connectivity index (χ0) is 19.9. The van der Waals surface area contributed by atoms with E-state index in [9.17, 15) is 5.11 Å². The molecule has 0 atom stereocenters. The Morgan fingerprint density at radius 2 is 1.86 bits per heavy atom. The average Bonchev–Trinajstić information content (AvgIpc) is 3.22. The second kappa shape index (κ2) is 9.41. The lowest BCUT2D eigenvalue weighted by atomic mass is 10.1. The van der Waals surface area contributed by atoms with Gasteiger partial charge in [-0.2, -0.15) is 0 Å². The third kappa shape index (κ3) is 5.04. The molecule has 0 fully saturated rings. The Bertz CT molecular complexity index is 933. The Morgan fingerprint density at radius 3 is 2.72 bits per heavy atom. The van der Waals surface area contributed by atoms with E-state index >= 15 is 0 Å². The van der Waals surface area contributed by atoms with Crippen molar-refractivity contribution in [3.8, 4) is 17.2 Å². The highest BCUT2D eigenvalue weighted by molar-refractivity contribution is 5.44. The van der Waals surface area contributed by atoms with E-state index in [2.05, 4.69) is 16.0 Å². The van der Waals surface area contributed by atoms with Crippen molar-refractivity contribution < 1.29 is 19.3 Å². The number of fused-ring (bicyclic) bond motifs is 1. The number of aliphatic hydroxyl groups excluding tert-OH is 1. The molecule has 3 aromatic rings. The van der Waals surface area contributed by atoms with Crippen molar-refractivity contribution in [1.29, 1.82) is 0 Å². The maximum Gasteiger partial charge on any atom is 0.231 e. The van der Waals surface area contributed by atoms with E-state index in [1.54, 1.807) is 6.20 Å². The molecule has 2 aromatic carbocycles. The topological polar surface area (TPSA) is 64.1 Å². The number of hydrogen-bond donors (Lipinski definition) is 1. The molecule has 0 spiro atoms. The lowest BCUT2D eigenvalue weighted by Crippen LogP contribution is -2.26. The van der Waals surface area contributed by atoms with Crippen molar-refractivity contribution in [2.45, 2.75) is 19.7 Å². The molecule has 0 aliphatic carbocycles. The smallest absolute Gasteiger partial charge is 0.231 e. The largest absolute Gasteiger partial charge is 0.489 e. The number of para-hydroxylation sites is 1. The van der Waals surface area contributed by atoms with Crippen molar-refractivity contribution in [2.75, 3.05) is 19.9 Å². The van der Waals surface area contributed by atoms with Crippen LogP contribution in [0.2, 0.25) is 0 Å². The van der Waals surface area contributed by atoms with E-state index in [-0.39, 0.29) is 13.4 Å². The number of hydrogen-bond acceptors (Lipinski definition) is 6. The molecular weight excluding hydrogens is 368 g/mol. The summed E-state index contributed by atoms with van der Waals surface area (Å²) in [5.74, 6) is 2.36. The SMILES string of the molecule is OCCN(Cc1cccnc1)Cc1ccccc1OCc1ccc2c(c1)OCO2. The molecule has 2 heterocycles. The summed E-state index contributed by atoms with van der Waals surface area (Å²) in [6.45, 7) is 2.76. The number of ether oxygens (including phenoxy) is 3. The fraction of sp³-hybridized carbons (Fsp3) is 0.261. The van der Waals surface area contributed by atoms with Crippen molar-refractivity contribution in [3.05, 3.63) is 83.7 Å². The monoisotopic (exact) mass is 392 g/mol. The Balaban J connectivity index is 1.44. The lowest BCUT2D eigenvalue weighted by molar-refractivity contribution is 0.174. The van der Waals surface area contributed by atoms with Gasteiger partial charge in [0.15, 0.2) is 11.5 Å². The minimum absolute atomic E-state index is 0.0977. The minimum Gasteiger partial charge on any atom is -0.489 e.